The van der Waals surface area contributed by atoms with E-state index in [1.165, 1.54) is 6.07 Å². The summed E-state index contributed by atoms with van der Waals surface area (Å²) in [6.07, 6.45) is 0. The summed E-state index contributed by atoms with van der Waals surface area (Å²) >= 11 is 0. The molecule has 0 amide bonds. The van der Waals surface area contributed by atoms with Gasteiger partial charge in [0.1, 0.15) is 26.1 Å². The molecule has 4 rings (SSSR count). The van der Waals surface area contributed by atoms with Crippen molar-refractivity contribution in [2.75, 3.05) is 0 Å². The van der Waals surface area contributed by atoms with Gasteiger partial charge < -0.3 is 5.11 Å². The molecule has 0 aliphatic carbocycles. The van der Waals surface area contributed by atoms with Crippen LogP contribution in [0.15, 0.2) is 78.3 Å². The molecule has 0 saturated heterocycles. The SMILES string of the molecule is [N]c1ccc2cc(S(=O)(=O)O)c(/N=N/c3cc4c(S(=O)(=O)O)cc(S(=O)(=O)O)cc4cc3S(=O)(=O)O)c(O)c2c1. The molecule has 20 heteroatoms. The molecule has 0 aromatic heterocycles. The van der Waals surface area contributed by atoms with Crippen molar-refractivity contribution in [3.05, 3.63) is 48.5 Å². The van der Waals surface area contributed by atoms with Gasteiger partial charge in [0.05, 0.1) is 10.6 Å². The third-order valence-corrected chi connectivity index (χ3v) is 8.87. The highest BCUT2D eigenvalue weighted by molar-refractivity contribution is 7.87. The summed E-state index contributed by atoms with van der Waals surface area (Å²) < 4.78 is 134. The lowest BCUT2D eigenvalue weighted by atomic mass is 10.1. The second-order valence-electron chi connectivity index (χ2n) is 8.04. The number of hydrogen-bond donors (Lipinski definition) is 5. The molecule has 0 unspecified atom stereocenters. The van der Waals surface area contributed by atoms with Crippen molar-refractivity contribution in [3.8, 4) is 5.75 Å². The number of nitrogens with zero attached hydrogens (tertiary/aromatic N) is 3. The van der Waals surface area contributed by atoms with Crippen molar-refractivity contribution in [2.45, 2.75) is 19.6 Å². The molecule has 0 atom stereocenters. The van der Waals surface area contributed by atoms with Crippen LogP contribution in [0.2, 0.25) is 0 Å². The number of aromatic hydroxyl groups is 1. The van der Waals surface area contributed by atoms with Crippen molar-refractivity contribution in [3.63, 3.8) is 0 Å². The Balaban J connectivity index is 2.11. The zero-order chi connectivity index (χ0) is 30.0. The minimum atomic E-state index is -5.26. The Morgan fingerprint density at radius 2 is 1.15 bits per heavy atom. The maximum Gasteiger partial charge on any atom is 0.296 e. The summed E-state index contributed by atoms with van der Waals surface area (Å²) in [5.41, 5.74) is 7.49. The summed E-state index contributed by atoms with van der Waals surface area (Å²) in [5, 5.41) is 16.3. The molecular weight excluding hydrogens is 618 g/mol. The first-order valence-corrected chi connectivity index (χ1v) is 15.9. The van der Waals surface area contributed by atoms with Crippen molar-refractivity contribution in [2.24, 2.45) is 10.2 Å². The van der Waals surface area contributed by atoms with Crippen LogP contribution < -0.4 is 5.73 Å². The Bertz CT molecular complexity index is 2230. The number of hydrogen-bond acceptors (Lipinski definition) is 11. The van der Waals surface area contributed by atoms with Gasteiger partial charge in [-0.25, -0.2) is 0 Å². The van der Waals surface area contributed by atoms with Gasteiger partial charge in [0, 0.05) is 10.8 Å². The molecule has 210 valence electrons. The summed E-state index contributed by atoms with van der Waals surface area (Å²) in [6.45, 7) is 0. The third-order valence-electron chi connectivity index (χ3n) is 5.39. The first-order chi connectivity index (χ1) is 18.2. The van der Waals surface area contributed by atoms with Gasteiger partial charge in [-0.1, -0.05) is 6.07 Å². The molecule has 0 heterocycles. The Labute approximate surface area is 225 Å². The van der Waals surface area contributed by atoms with Gasteiger partial charge in [-0.3, -0.25) is 18.2 Å². The molecule has 0 bridgehead atoms. The fourth-order valence-electron chi connectivity index (χ4n) is 3.69. The minimum absolute atomic E-state index is 0.0126. The van der Waals surface area contributed by atoms with E-state index in [1.54, 1.807) is 0 Å². The maximum absolute atomic E-state index is 12.1. The molecule has 0 aliphatic heterocycles. The fourth-order valence-corrected chi connectivity index (χ4v) is 6.34. The van der Waals surface area contributed by atoms with E-state index in [-0.39, 0.29) is 16.5 Å². The predicted octanol–water partition coefficient (Wildman–Crippen LogP) is 2.80. The number of fused-ring (bicyclic) bond motifs is 2. The van der Waals surface area contributed by atoms with Gasteiger partial charge in [-0.2, -0.15) is 39.4 Å². The van der Waals surface area contributed by atoms with Gasteiger partial charge in [-0.05, 0) is 53.2 Å². The average Bonchev–Trinajstić information content (AvgIpc) is 2.80. The van der Waals surface area contributed by atoms with Gasteiger partial charge in [0.2, 0.25) is 0 Å². The zero-order valence-electron chi connectivity index (χ0n) is 19.1. The number of rotatable bonds is 6. The van der Waals surface area contributed by atoms with E-state index in [1.807, 2.05) is 0 Å². The van der Waals surface area contributed by atoms with Gasteiger partial charge in [-0.15, -0.1) is 10.2 Å². The topological polar surface area (TPSA) is 285 Å². The lowest BCUT2D eigenvalue weighted by Crippen LogP contribution is -2.05. The molecule has 0 aliphatic rings. The quantitative estimate of drug-likeness (QED) is 0.151. The monoisotopic (exact) mass is 631 g/mol. The van der Waals surface area contributed by atoms with Crippen LogP contribution in [-0.2, 0) is 40.5 Å². The standard InChI is InChI=1S/C20H13N3O13S4/c21-11-2-1-9-4-18(40(34,35)36)19(20(24)14(9)6-11)23-22-15-8-13-10(5-17(15)39(31,32)33)3-12(37(25,26)27)7-16(13)38(28,29)30/h1-8,24H,(H,25,26,27)(H,28,29,30)(H,31,32,33)(H,34,35,36)/b23-22+. The number of azo groups is 1. The molecule has 5 N–H and O–H groups in total. The first kappa shape index (κ1) is 29.2. The lowest BCUT2D eigenvalue weighted by molar-refractivity contribution is 0.471. The Morgan fingerprint density at radius 3 is 1.70 bits per heavy atom. The van der Waals surface area contributed by atoms with Crippen LogP contribution in [0.25, 0.3) is 21.5 Å². The molecule has 0 spiro atoms. The Morgan fingerprint density at radius 1 is 0.575 bits per heavy atom. The van der Waals surface area contributed by atoms with Gasteiger partial charge in [0.25, 0.3) is 40.5 Å². The van der Waals surface area contributed by atoms with Crippen LogP contribution in [0, 0.1) is 0 Å². The van der Waals surface area contributed by atoms with E-state index in [0.29, 0.717) is 24.3 Å². The number of benzene rings is 4. The molecule has 0 saturated carbocycles. The maximum atomic E-state index is 12.1. The zero-order valence-corrected chi connectivity index (χ0v) is 22.4. The number of phenols is 1. The van der Waals surface area contributed by atoms with Crippen LogP contribution in [0.3, 0.4) is 0 Å². The first-order valence-electron chi connectivity index (χ1n) is 10.1. The van der Waals surface area contributed by atoms with E-state index in [4.69, 9.17) is 0 Å². The molecule has 16 nitrogen and oxygen atoms in total. The van der Waals surface area contributed by atoms with Gasteiger partial charge >= 0.3 is 0 Å². The van der Waals surface area contributed by atoms with Gasteiger partial charge in [0.15, 0.2) is 5.75 Å². The van der Waals surface area contributed by atoms with Crippen molar-refractivity contribution < 1.29 is 57.0 Å². The minimum Gasteiger partial charge on any atom is -0.505 e. The Kier molecular flexibility index (Phi) is 6.88. The highest BCUT2D eigenvalue weighted by Crippen LogP contribution is 2.43. The van der Waals surface area contributed by atoms with Crippen LogP contribution in [0.4, 0.5) is 17.1 Å². The predicted molar refractivity (Wildman–Crippen MR) is 135 cm³/mol. The van der Waals surface area contributed by atoms with Crippen LogP contribution in [0.5, 0.6) is 5.75 Å². The summed E-state index contributed by atoms with van der Waals surface area (Å²) in [4.78, 5) is -4.36. The molecule has 40 heavy (non-hydrogen) atoms. The largest absolute Gasteiger partial charge is 0.505 e. The highest BCUT2D eigenvalue weighted by atomic mass is 32.2. The smallest absolute Gasteiger partial charge is 0.296 e. The van der Waals surface area contributed by atoms with Crippen molar-refractivity contribution >= 4 is 79.1 Å². The average molecular weight is 632 g/mol. The van der Waals surface area contributed by atoms with Crippen molar-refractivity contribution in [1.29, 1.82) is 0 Å². The van der Waals surface area contributed by atoms with Crippen LogP contribution in [-0.4, -0.2) is 57.0 Å². The van der Waals surface area contributed by atoms with E-state index in [0.717, 1.165) is 18.2 Å². The van der Waals surface area contributed by atoms with Crippen molar-refractivity contribution in [1.82, 2.24) is 5.73 Å². The highest BCUT2D eigenvalue weighted by Gasteiger charge is 2.26. The molecule has 2 radical (unpaired) electrons. The Hall–Kier alpha value is -3.76. The molecular formula is C20H13N3O13S4. The molecule has 4 aromatic rings. The van der Waals surface area contributed by atoms with E-state index >= 15 is 0 Å². The molecule has 0 fully saturated rings. The van der Waals surface area contributed by atoms with Crippen LogP contribution in [0.1, 0.15) is 0 Å². The lowest BCUT2D eigenvalue weighted by Gasteiger charge is -2.11. The van der Waals surface area contributed by atoms with E-state index < -0.39 is 88.0 Å². The third kappa shape index (κ3) is 5.59. The summed E-state index contributed by atoms with van der Waals surface area (Å²) in [5.74, 6) is -0.949. The summed E-state index contributed by atoms with van der Waals surface area (Å²) in [7, 11) is -20.7. The van der Waals surface area contributed by atoms with Crippen LogP contribution >= 0.6 is 0 Å². The van der Waals surface area contributed by atoms with E-state index in [9.17, 15) is 62.7 Å². The second-order valence-corrected chi connectivity index (χ2v) is 13.6. The fraction of sp³-hybridized carbons (Fsp3) is 0. The normalized spacial score (nSPS) is 13.4. The second kappa shape index (κ2) is 9.42. The number of phenolic OH excluding ortho intramolecular Hbond substituents is 1. The molecule has 4 aromatic carbocycles. The summed E-state index contributed by atoms with van der Waals surface area (Å²) in [6, 6.07) is 6.27. The van der Waals surface area contributed by atoms with E-state index in [2.05, 4.69) is 10.2 Å².